The van der Waals surface area contributed by atoms with Crippen LogP contribution in [-0.4, -0.2) is 17.5 Å². The van der Waals surface area contributed by atoms with Crippen LogP contribution < -0.4 is 4.74 Å². The molecule has 78 valence electrons. The SMILES string of the molecule is N#Cc1ccc(OCC2CC2(F)F)nc1. The lowest BCUT2D eigenvalue weighted by Crippen LogP contribution is -2.06. The molecule has 0 aromatic carbocycles. The summed E-state index contributed by atoms with van der Waals surface area (Å²) in [4.78, 5) is 3.81. The lowest BCUT2D eigenvalue weighted by atomic mass is 10.3. The molecule has 1 atom stereocenters. The van der Waals surface area contributed by atoms with Gasteiger partial charge in [0, 0.05) is 18.7 Å². The zero-order chi connectivity index (χ0) is 10.9. The highest BCUT2D eigenvalue weighted by atomic mass is 19.3. The summed E-state index contributed by atoms with van der Waals surface area (Å²) >= 11 is 0. The van der Waals surface area contributed by atoms with Gasteiger partial charge in [0.2, 0.25) is 5.88 Å². The van der Waals surface area contributed by atoms with Gasteiger partial charge in [0.1, 0.15) is 6.07 Å². The van der Waals surface area contributed by atoms with E-state index in [1.807, 2.05) is 6.07 Å². The lowest BCUT2D eigenvalue weighted by molar-refractivity contribution is 0.0849. The van der Waals surface area contributed by atoms with Gasteiger partial charge in [0.25, 0.3) is 5.92 Å². The van der Waals surface area contributed by atoms with Crippen molar-refractivity contribution in [2.75, 3.05) is 6.61 Å². The molecule has 1 unspecified atom stereocenters. The highest BCUT2D eigenvalue weighted by Crippen LogP contribution is 2.48. The molecular weight excluding hydrogens is 202 g/mol. The molecule has 1 aromatic heterocycles. The average Bonchev–Trinajstić information content (AvgIpc) is 2.84. The first kappa shape index (κ1) is 9.84. The van der Waals surface area contributed by atoms with E-state index >= 15 is 0 Å². The predicted molar refractivity (Wildman–Crippen MR) is 47.5 cm³/mol. The quantitative estimate of drug-likeness (QED) is 0.766. The van der Waals surface area contributed by atoms with Crippen molar-refractivity contribution in [2.45, 2.75) is 12.3 Å². The van der Waals surface area contributed by atoms with Crippen molar-refractivity contribution < 1.29 is 13.5 Å². The highest BCUT2D eigenvalue weighted by molar-refractivity contribution is 5.28. The van der Waals surface area contributed by atoms with Crippen molar-refractivity contribution in [3.05, 3.63) is 23.9 Å². The van der Waals surface area contributed by atoms with Crippen LogP contribution in [0.1, 0.15) is 12.0 Å². The van der Waals surface area contributed by atoms with Crippen molar-refractivity contribution in [1.29, 1.82) is 5.26 Å². The van der Waals surface area contributed by atoms with Crippen LogP contribution >= 0.6 is 0 Å². The Morgan fingerprint density at radius 3 is 2.80 bits per heavy atom. The number of hydrogen-bond donors (Lipinski definition) is 0. The first-order chi connectivity index (χ1) is 7.12. The van der Waals surface area contributed by atoms with Crippen LogP contribution in [0, 0.1) is 17.2 Å². The molecule has 1 aromatic rings. The fourth-order valence-corrected chi connectivity index (χ4v) is 1.17. The number of alkyl halides is 2. The third kappa shape index (κ3) is 2.21. The standard InChI is InChI=1S/C10H8F2N2O/c11-10(12)3-8(10)6-15-9-2-1-7(4-13)5-14-9/h1-2,5,8H,3,6H2. The Morgan fingerprint density at radius 2 is 2.33 bits per heavy atom. The maximum absolute atomic E-state index is 12.5. The average molecular weight is 210 g/mol. The Morgan fingerprint density at radius 1 is 1.60 bits per heavy atom. The number of pyridine rings is 1. The molecule has 1 saturated carbocycles. The summed E-state index contributed by atoms with van der Waals surface area (Å²) in [6.07, 6.45) is 1.24. The van der Waals surface area contributed by atoms with E-state index in [-0.39, 0.29) is 18.9 Å². The number of ether oxygens (including phenoxy) is 1. The number of nitriles is 1. The lowest BCUT2D eigenvalue weighted by Gasteiger charge is -2.03. The molecule has 5 heteroatoms. The fourth-order valence-electron chi connectivity index (χ4n) is 1.17. The van der Waals surface area contributed by atoms with Gasteiger partial charge < -0.3 is 4.74 Å². The number of nitrogens with zero attached hydrogens (tertiary/aromatic N) is 2. The monoisotopic (exact) mass is 210 g/mol. The third-order valence-corrected chi connectivity index (χ3v) is 2.25. The second kappa shape index (κ2) is 3.46. The van der Waals surface area contributed by atoms with E-state index in [2.05, 4.69) is 4.98 Å². The maximum atomic E-state index is 12.5. The predicted octanol–water partition coefficient (Wildman–Crippen LogP) is 1.99. The Labute approximate surface area is 85.3 Å². The van der Waals surface area contributed by atoms with Gasteiger partial charge >= 0.3 is 0 Å². The van der Waals surface area contributed by atoms with Gasteiger partial charge in [-0.2, -0.15) is 5.26 Å². The minimum Gasteiger partial charge on any atom is -0.477 e. The fraction of sp³-hybridized carbons (Fsp3) is 0.400. The summed E-state index contributed by atoms with van der Waals surface area (Å²) in [5, 5.41) is 8.50. The van der Waals surface area contributed by atoms with Gasteiger partial charge in [-0.1, -0.05) is 0 Å². The molecule has 0 amide bonds. The largest absolute Gasteiger partial charge is 0.477 e. The molecule has 0 spiro atoms. The molecule has 1 fully saturated rings. The van der Waals surface area contributed by atoms with Crippen LogP contribution in [0.25, 0.3) is 0 Å². The Hall–Kier alpha value is -1.70. The van der Waals surface area contributed by atoms with Gasteiger partial charge in [-0.15, -0.1) is 0 Å². The summed E-state index contributed by atoms with van der Waals surface area (Å²) in [5.74, 6) is -2.97. The van der Waals surface area contributed by atoms with Crippen molar-refractivity contribution in [3.8, 4) is 11.9 Å². The molecule has 1 aliphatic rings. The summed E-state index contributed by atoms with van der Waals surface area (Å²) in [7, 11) is 0. The van der Waals surface area contributed by atoms with Gasteiger partial charge in [0.15, 0.2) is 0 Å². The van der Waals surface area contributed by atoms with Gasteiger partial charge in [0.05, 0.1) is 18.1 Å². The number of aromatic nitrogens is 1. The van der Waals surface area contributed by atoms with E-state index in [0.29, 0.717) is 5.56 Å². The smallest absolute Gasteiger partial charge is 0.255 e. The Balaban J connectivity index is 1.87. The molecular formula is C10H8F2N2O. The van der Waals surface area contributed by atoms with Crippen molar-refractivity contribution in [3.63, 3.8) is 0 Å². The van der Waals surface area contributed by atoms with Crippen LogP contribution in [0.4, 0.5) is 8.78 Å². The zero-order valence-electron chi connectivity index (χ0n) is 7.78. The van der Waals surface area contributed by atoms with Crippen molar-refractivity contribution in [2.24, 2.45) is 5.92 Å². The van der Waals surface area contributed by atoms with E-state index in [4.69, 9.17) is 10.00 Å². The minimum absolute atomic E-state index is 0.0219. The van der Waals surface area contributed by atoms with Gasteiger partial charge in [-0.25, -0.2) is 13.8 Å². The van der Waals surface area contributed by atoms with Gasteiger partial charge in [-0.3, -0.25) is 0 Å². The Bertz CT molecular complexity index is 397. The molecule has 3 nitrogen and oxygen atoms in total. The highest BCUT2D eigenvalue weighted by Gasteiger charge is 2.57. The molecule has 1 heterocycles. The van der Waals surface area contributed by atoms with E-state index in [0.717, 1.165) is 0 Å². The number of halogens is 2. The molecule has 2 rings (SSSR count). The summed E-state index contributed by atoms with van der Waals surface area (Å²) in [6, 6.07) is 4.94. The van der Waals surface area contributed by atoms with Crippen molar-refractivity contribution >= 4 is 0 Å². The molecule has 0 saturated heterocycles. The van der Waals surface area contributed by atoms with Gasteiger partial charge in [-0.05, 0) is 6.07 Å². The molecule has 15 heavy (non-hydrogen) atoms. The normalized spacial score (nSPS) is 21.8. The van der Waals surface area contributed by atoms with Crippen LogP contribution in [-0.2, 0) is 0 Å². The molecule has 0 bridgehead atoms. The zero-order valence-corrected chi connectivity index (χ0v) is 7.78. The molecule has 1 aliphatic carbocycles. The summed E-state index contributed by atoms with van der Waals surface area (Å²) < 4.78 is 30.0. The van der Waals surface area contributed by atoms with Crippen molar-refractivity contribution in [1.82, 2.24) is 4.98 Å². The molecule has 0 aliphatic heterocycles. The summed E-state index contributed by atoms with van der Waals surface area (Å²) in [6.45, 7) is -0.0219. The second-order valence-corrected chi connectivity index (χ2v) is 3.47. The molecule has 0 N–H and O–H groups in total. The third-order valence-electron chi connectivity index (χ3n) is 2.25. The van der Waals surface area contributed by atoms with Crippen LogP contribution in [0.5, 0.6) is 5.88 Å². The molecule has 0 radical (unpaired) electrons. The van der Waals surface area contributed by atoms with E-state index in [1.165, 1.54) is 18.3 Å². The van der Waals surface area contributed by atoms with E-state index in [1.54, 1.807) is 0 Å². The van der Waals surface area contributed by atoms with Crippen LogP contribution in [0.2, 0.25) is 0 Å². The first-order valence-electron chi connectivity index (χ1n) is 4.48. The first-order valence-corrected chi connectivity index (χ1v) is 4.48. The van der Waals surface area contributed by atoms with Crippen LogP contribution in [0.3, 0.4) is 0 Å². The Kier molecular flexibility index (Phi) is 2.27. The topological polar surface area (TPSA) is 45.9 Å². The number of rotatable bonds is 3. The van der Waals surface area contributed by atoms with Crippen LogP contribution in [0.15, 0.2) is 18.3 Å². The minimum atomic E-state index is -2.56. The maximum Gasteiger partial charge on any atom is 0.255 e. The summed E-state index contributed by atoms with van der Waals surface area (Å²) in [5.41, 5.74) is 0.416. The number of hydrogen-bond acceptors (Lipinski definition) is 3. The second-order valence-electron chi connectivity index (χ2n) is 3.47. The van der Waals surface area contributed by atoms with E-state index in [9.17, 15) is 8.78 Å². The van der Waals surface area contributed by atoms with E-state index < -0.39 is 11.8 Å².